The molecule has 0 bridgehead atoms. The maximum atomic E-state index is 4.73. The molecule has 20 heavy (non-hydrogen) atoms. The summed E-state index contributed by atoms with van der Waals surface area (Å²) in [5, 5.41) is 6.58. The molecule has 1 N–H and O–H groups in total. The van der Waals surface area contributed by atoms with Crippen molar-refractivity contribution in [2.45, 2.75) is 20.3 Å². The summed E-state index contributed by atoms with van der Waals surface area (Å²) in [5.74, 6) is 1.75. The van der Waals surface area contributed by atoms with Gasteiger partial charge in [-0.25, -0.2) is 9.97 Å². The molecule has 2 heterocycles. The van der Waals surface area contributed by atoms with Crippen LogP contribution in [0.3, 0.4) is 0 Å². The van der Waals surface area contributed by atoms with Crippen molar-refractivity contribution in [1.29, 1.82) is 0 Å². The summed E-state index contributed by atoms with van der Waals surface area (Å²) < 4.78 is 0. The van der Waals surface area contributed by atoms with E-state index in [1.54, 1.807) is 11.3 Å². The van der Waals surface area contributed by atoms with Gasteiger partial charge in [-0.15, -0.1) is 11.3 Å². The first-order valence-electron chi connectivity index (χ1n) is 6.84. The van der Waals surface area contributed by atoms with Gasteiger partial charge in [0.1, 0.15) is 5.82 Å². The standard InChI is InChI=1S/C16H17N3S/c1-3-9-17-15-12-6-4-5-7-13(12)18-16(19-15)14-11(2)8-10-20-14/h4-8,10H,3,9H2,1-2H3,(H,17,18,19). The molecular formula is C16H17N3S. The minimum absolute atomic E-state index is 0.815. The number of benzene rings is 1. The summed E-state index contributed by atoms with van der Waals surface area (Å²) in [6.07, 6.45) is 1.08. The second kappa shape index (κ2) is 5.59. The van der Waals surface area contributed by atoms with Gasteiger partial charge >= 0.3 is 0 Å². The zero-order valence-electron chi connectivity index (χ0n) is 11.7. The summed E-state index contributed by atoms with van der Waals surface area (Å²) in [5.41, 5.74) is 2.22. The third-order valence-corrected chi connectivity index (χ3v) is 4.22. The number of nitrogens with zero attached hydrogens (tertiary/aromatic N) is 2. The number of hydrogen-bond donors (Lipinski definition) is 1. The lowest BCUT2D eigenvalue weighted by Gasteiger charge is -2.10. The van der Waals surface area contributed by atoms with Crippen LogP contribution in [0.2, 0.25) is 0 Å². The second-order valence-electron chi connectivity index (χ2n) is 4.77. The summed E-state index contributed by atoms with van der Waals surface area (Å²) in [6.45, 7) is 5.17. The largest absolute Gasteiger partial charge is 0.369 e. The minimum atomic E-state index is 0.815. The summed E-state index contributed by atoms with van der Waals surface area (Å²) in [7, 11) is 0. The third-order valence-electron chi connectivity index (χ3n) is 3.21. The predicted octanol–water partition coefficient (Wildman–Crippen LogP) is 4.49. The highest BCUT2D eigenvalue weighted by molar-refractivity contribution is 7.13. The Morgan fingerprint density at radius 1 is 1.15 bits per heavy atom. The lowest BCUT2D eigenvalue weighted by atomic mass is 10.2. The molecule has 3 rings (SSSR count). The van der Waals surface area contributed by atoms with Gasteiger partial charge in [-0.3, -0.25) is 0 Å². The van der Waals surface area contributed by atoms with Gasteiger partial charge in [0.2, 0.25) is 0 Å². The van der Waals surface area contributed by atoms with Gasteiger partial charge in [-0.2, -0.15) is 0 Å². The molecule has 0 saturated heterocycles. The number of rotatable bonds is 4. The monoisotopic (exact) mass is 283 g/mol. The van der Waals surface area contributed by atoms with E-state index in [9.17, 15) is 0 Å². The molecule has 0 saturated carbocycles. The first kappa shape index (κ1) is 13.1. The maximum Gasteiger partial charge on any atom is 0.172 e. The molecule has 2 aromatic heterocycles. The number of thiophene rings is 1. The Kier molecular flexibility index (Phi) is 3.65. The fourth-order valence-corrected chi connectivity index (χ4v) is 3.02. The Morgan fingerprint density at radius 2 is 2.00 bits per heavy atom. The third kappa shape index (κ3) is 2.39. The zero-order valence-corrected chi connectivity index (χ0v) is 12.5. The van der Waals surface area contributed by atoms with Gasteiger partial charge in [0.15, 0.2) is 5.82 Å². The van der Waals surface area contributed by atoms with Crippen LogP contribution in [-0.4, -0.2) is 16.5 Å². The molecule has 0 aliphatic heterocycles. The van der Waals surface area contributed by atoms with Crippen molar-refractivity contribution in [3.8, 4) is 10.7 Å². The van der Waals surface area contributed by atoms with E-state index in [4.69, 9.17) is 9.97 Å². The molecule has 3 nitrogen and oxygen atoms in total. The van der Waals surface area contributed by atoms with E-state index in [2.05, 4.69) is 36.7 Å². The maximum absolute atomic E-state index is 4.73. The molecule has 0 aliphatic rings. The lowest BCUT2D eigenvalue weighted by Crippen LogP contribution is -2.04. The van der Waals surface area contributed by atoms with Crippen LogP contribution in [0.5, 0.6) is 0 Å². The second-order valence-corrected chi connectivity index (χ2v) is 5.69. The Balaban J connectivity index is 2.17. The van der Waals surface area contributed by atoms with Crippen molar-refractivity contribution in [3.63, 3.8) is 0 Å². The normalized spacial score (nSPS) is 10.9. The summed E-state index contributed by atoms with van der Waals surface area (Å²) in [4.78, 5) is 10.6. The van der Waals surface area contributed by atoms with Gasteiger partial charge in [-0.05, 0) is 42.5 Å². The van der Waals surface area contributed by atoms with E-state index < -0.39 is 0 Å². The van der Waals surface area contributed by atoms with E-state index in [-0.39, 0.29) is 0 Å². The van der Waals surface area contributed by atoms with Crippen molar-refractivity contribution in [2.24, 2.45) is 0 Å². The number of aryl methyl sites for hydroxylation is 1. The van der Waals surface area contributed by atoms with Gasteiger partial charge < -0.3 is 5.32 Å². The quantitative estimate of drug-likeness (QED) is 0.766. The van der Waals surface area contributed by atoms with Crippen LogP contribution in [-0.2, 0) is 0 Å². The van der Waals surface area contributed by atoms with Gasteiger partial charge in [0, 0.05) is 11.9 Å². The zero-order chi connectivity index (χ0) is 13.9. The van der Waals surface area contributed by atoms with Crippen LogP contribution in [0, 0.1) is 6.92 Å². The Bertz CT molecular complexity index is 733. The van der Waals surface area contributed by atoms with Gasteiger partial charge in [0.25, 0.3) is 0 Å². The van der Waals surface area contributed by atoms with Crippen molar-refractivity contribution in [1.82, 2.24) is 9.97 Å². The average molecular weight is 283 g/mol. The molecule has 0 aliphatic carbocycles. The fourth-order valence-electron chi connectivity index (χ4n) is 2.16. The number of aromatic nitrogens is 2. The minimum Gasteiger partial charge on any atom is -0.369 e. The average Bonchev–Trinajstić information content (AvgIpc) is 2.90. The Labute approximate surface area is 122 Å². The van der Waals surface area contributed by atoms with Gasteiger partial charge in [0.05, 0.1) is 10.4 Å². The van der Waals surface area contributed by atoms with Crippen LogP contribution in [0.25, 0.3) is 21.6 Å². The molecule has 0 amide bonds. The van der Waals surface area contributed by atoms with E-state index in [0.717, 1.165) is 40.4 Å². The first-order valence-corrected chi connectivity index (χ1v) is 7.72. The van der Waals surface area contributed by atoms with Gasteiger partial charge in [-0.1, -0.05) is 19.1 Å². The van der Waals surface area contributed by atoms with E-state index in [1.165, 1.54) is 5.56 Å². The molecule has 102 valence electrons. The number of anilines is 1. The van der Waals surface area contributed by atoms with Crippen LogP contribution in [0.15, 0.2) is 35.7 Å². The molecule has 4 heteroatoms. The number of para-hydroxylation sites is 1. The van der Waals surface area contributed by atoms with Crippen molar-refractivity contribution in [2.75, 3.05) is 11.9 Å². The van der Waals surface area contributed by atoms with E-state index >= 15 is 0 Å². The van der Waals surface area contributed by atoms with Crippen LogP contribution in [0.1, 0.15) is 18.9 Å². The van der Waals surface area contributed by atoms with Crippen molar-refractivity contribution >= 4 is 28.1 Å². The molecule has 0 radical (unpaired) electrons. The molecule has 0 atom stereocenters. The van der Waals surface area contributed by atoms with Crippen LogP contribution in [0.4, 0.5) is 5.82 Å². The van der Waals surface area contributed by atoms with E-state index in [1.807, 2.05) is 18.2 Å². The molecular weight excluding hydrogens is 266 g/mol. The Hall–Kier alpha value is -1.94. The summed E-state index contributed by atoms with van der Waals surface area (Å²) in [6, 6.07) is 10.3. The first-order chi connectivity index (χ1) is 9.79. The highest BCUT2D eigenvalue weighted by atomic mass is 32.1. The lowest BCUT2D eigenvalue weighted by molar-refractivity contribution is 0.970. The topological polar surface area (TPSA) is 37.8 Å². The van der Waals surface area contributed by atoms with Crippen LogP contribution >= 0.6 is 11.3 Å². The van der Waals surface area contributed by atoms with Crippen LogP contribution < -0.4 is 5.32 Å². The molecule has 1 aromatic carbocycles. The van der Waals surface area contributed by atoms with Crippen molar-refractivity contribution < 1.29 is 0 Å². The van der Waals surface area contributed by atoms with Crippen molar-refractivity contribution in [3.05, 3.63) is 41.3 Å². The molecule has 3 aromatic rings. The molecule has 0 fully saturated rings. The fraction of sp³-hybridized carbons (Fsp3) is 0.250. The summed E-state index contributed by atoms with van der Waals surface area (Å²) >= 11 is 1.69. The highest BCUT2D eigenvalue weighted by Crippen LogP contribution is 2.30. The molecule has 0 spiro atoms. The molecule has 0 unspecified atom stereocenters. The smallest absolute Gasteiger partial charge is 0.172 e. The highest BCUT2D eigenvalue weighted by Gasteiger charge is 2.11. The SMILES string of the molecule is CCCNc1nc(-c2sccc2C)nc2ccccc12. The van der Waals surface area contributed by atoms with E-state index in [0.29, 0.717) is 0 Å². The number of hydrogen-bond acceptors (Lipinski definition) is 4. The Morgan fingerprint density at radius 3 is 2.75 bits per heavy atom. The number of fused-ring (bicyclic) bond motifs is 1. The number of nitrogens with one attached hydrogen (secondary N) is 1. The predicted molar refractivity (Wildman–Crippen MR) is 86.4 cm³/mol.